The van der Waals surface area contributed by atoms with Gasteiger partial charge in [0.2, 0.25) is 0 Å². The fraction of sp³-hybridized carbons (Fsp3) is 0.714. The minimum Gasteiger partial charge on any atom is -0.509 e. The van der Waals surface area contributed by atoms with Crippen molar-refractivity contribution in [3.63, 3.8) is 0 Å². The zero-order valence-electron chi connectivity index (χ0n) is 34.5. The maximum atomic E-state index is 15.3. The monoisotopic (exact) mass is 775 g/mol. The lowest BCUT2D eigenvalue weighted by atomic mass is 9.31. The van der Waals surface area contributed by atoms with Crippen LogP contribution in [0.15, 0.2) is 52.6 Å². The minimum atomic E-state index is -1.10. The molecule has 8 nitrogen and oxygen atoms in total. The number of ether oxygens (including phenoxy) is 2. The SMILES string of the molecule is CCCC1C23C=C4CCC2(C(=C(O)CC(CC2CCCCC2)N2CC5CC(C2)C2CCC6=C(C4CC(C)C6)N2C5)OC3=O)C12OC(=O)c1c(CCCN)cccc12. The van der Waals surface area contributed by atoms with Gasteiger partial charge in [0, 0.05) is 61.2 Å². The van der Waals surface area contributed by atoms with Crippen LogP contribution in [0.3, 0.4) is 0 Å². The number of nitrogens with zero attached hydrogens (tertiary/aromatic N) is 2. The van der Waals surface area contributed by atoms with Gasteiger partial charge in [-0.1, -0.05) is 87.8 Å². The van der Waals surface area contributed by atoms with E-state index in [2.05, 4.69) is 41.9 Å². The molecule has 10 bridgehead atoms. The fourth-order valence-electron chi connectivity index (χ4n) is 15.8. The number of rotatable bonds is 7. The highest BCUT2D eigenvalue weighted by molar-refractivity contribution is 5.99. The van der Waals surface area contributed by atoms with Crippen LogP contribution >= 0.6 is 0 Å². The van der Waals surface area contributed by atoms with Gasteiger partial charge in [-0.15, -0.1) is 0 Å². The van der Waals surface area contributed by atoms with Crippen LogP contribution in [-0.2, 0) is 26.3 Å². The van der Waals surface area contributed by atoms with Crippen molar-refractivity contribution in [3.05, 3.63) is 69.3 Å². The molecule has 11 atom stereocenters. The van der Waals surface area contributed by atoms with E-state index in [0.717, 1.165) is 69.3 Å². The first kappa shape index (κ1) is 36.9. The number of allylic oxidation sites excluding steroid dienone is 2. The zero-order valence-corrected chi connectivity index (χ0v) is 34.5. The lowest BCUT2D eigenvalue weighted by molar-refractivity contribution is -0.272. The van der Waals surface area contributed by atoms with E-state index in [0.29, 0.717) is 66.8 Å². The molecule has 0 aromatic heterocycles. The second-order valence-electron chi connectivity index (χ2n) is 20.6. The van der Waals surface area contributed by atoms with Crippen LogP contribution in [0.5, 0.6) is 0 Å². The molecular formula is C49H65N3O5. The van der Waals surface area contributed by atoms with Crippen molar-refractivity contribution >= 4 is 11.9 Å². The number of carbonyl (C=O) groups is 2. The third kappa shape index (κ3) is 4.92. The van der Waals surface area contributed by atoms with E-state index in [1.165, 1.54) is 63.4 Å². The van der Waals surface area contributed by atoms with Crippen LogP contribution in [0.2, 0.25) is 0 Å². The van der Waals surface area contributed by atoms with E-state index < -0.39 is 16.4 Å². The molecule has 1 aromatic rings. The van der Waals surface area contributed by atoms with Crippen LogP contribution in [0.25, 0.3) is 0 Å². The number of hydrogen-bond donors (Lipinski definition) is 2. The van der Waals surface area contributed by atoms with Gasteiger partial charge in [0.15, 0.2) is 11.4 Å². The summed E-state index contributed by atoms with van der Waals surface area (Å²) in [5.41, 5.74) is 10.1. The number of aryl methyl sites for hydroxylation is 1. The summed E-state index contributed by atoms with van der Waals surface area (Å²) in [5, 5.41) is 12.9. The molecule has 0 amide bonds. The Balaban J connectivity index is 1.14. The number of aliphatic hydroxyl groups is 1. The molecule has 2 saturated carbocycles. The average molecular weight is 776 g/mol. The molecule has 9 aliphatic heterocycles. The van der Waals surface area contributed by atoms with Gasteiger partial charge in [-0.3, -0.25) is 9.69 Å². The van der Waals surface area contributed by atoms with Crippen molar-refractivity contribution < 1.29 is 24.2 Å². The van der Waals surface area contributed by atoms with Gasteiger partial charge < -0.3 is 25.2 Å². The molecule has 3 saturated heterocycles. The average Bonchev–Trinajstić information content (AvgIpc) is 3.67. The first-order valence-electron chi connectivity index (χ1n) is 23.4. The van der Waals surface area contributed by atoms with E-state index >= 15 is 4.79 Å². The highest BCUT2D eigenvalue weighted by atomic mass is 16.6. The molecule has 5 fully saturated rings. The summed E-state index contributed by atoms with van der Waals surface area (Å²) < 4.78 is 13.7. The van der Waals surface area contributed by atoms with E-state index in [1.807, 2.05) is 6.07 Å². The predicted octanol–water partition coefficient (Wildman–Crippen LogP) is 8.85. The van der Waals surface area contributed by atoms with E-state index in [4.69, 9.17) is 15.2 Å². The van der Waals surface area contributed by atoms with Gasteiger partial charge >= 0.3 is 11.9 Å². The molecule has 11 unspecified atom stereocenters. The van der Waals surface area contributed by atoms with Gasteiger partial charge in [0.25, 0.3) is 0 Å². The van der Waals surface area contributed by atoms with E-state index in [1.54, 1.807) is 11.3 Å². The van der Waals surface area contributed by atoms with Gasteiger partial charge in [0.1, 0.15) is 11.2 Å². The largest absolute Gasteiger partial charge is 0.509 e. The Kier molecular flexibility index (Phi) is 8.72. The van der Waals surface area contributed by atoms with E-state index in [9.17, 15) is 9.90 Å². The Hall–Kier alpha value is -3.10. The summed E-state index contributed by atoms with van der Waals surface area (Å²) in [5.74, 6) is 2.58. The molecule has 8 heteroatoms. The zero-order chi connectivity index (χ0) is 38.8. The third-order valence-corrected chi connectivity index (χ3v) is 17.7. The summed E-state index contributed by atoms with van der Waals surface area (Å²) in [6, 6.07) is 6.95. The van der Waals surface area contributed by atoms with Crippen molar-refractivity contribution in [2.24, 2.45) is 52.1 Å². The van der Waals surface area contributed by atoms with Crippen molar-refractivity contribution in [3.8, 4) is 0 Å². The van der Waals surface area contributed by atoms with Crippen LogP contribution in [0.1, 0.15) is 144 Å². The van der Waals surface area contributed by atoms with Crippen LogP contribution in [0, 0.1) is 46.3 Å². The number of fused-ring (bicyclic) bond motifs is 2. The number of nitrogens with two attached hydrogens (primary N) is 1. The molecule has 1 aromatic carbocycles. The number of benzene rings is 1. The molecule has 4 aliphatic carbocycles. The Morgan fingerprint density at radius 2 is 1.88 bits per heavy atom. The van der Waals surface area contributed by atoms with Crippen LogP contribution in [0.4, 0.5) is 0 Å². The summed E-state index contributed by atoms with van der Waals surface area (Å²) in [6.07, 6.45) is 20.9. The minimum absolute atomic E-state index is 0.174. The fourth-order valence-corrected chi connectivity index (χ4v) is 15.8. The standard InChI is InChI=1S/C49H65N3O5/c1-3-9-41-47-25-34-17-18-48(47,49(41)38-14-7-12-32(13-8-19-50)42(38)45(54)57-49)44(56-46(47)55)40(53)24-36(23-30-10-5-4-6-11-30)51-26-31-22-35(28-51)39-16-15-33-20-29(2)21-37(34)43(33)52(39)27-31/h7,12,14,25,29-31,35-37,39,41,53H,3-6,8-11,13,15-24,26-28,50H2,1-2H3. The normalized spacial score (nSPS) is 41.7. The summed E-state index contributed by atoms with van der Waals surface area (Å²) in [4.78, 5) is 35.5. The molecular weight excluding hydrogens is 711 g/mol. The Morgan fingerprint density at radius 1 is 1.02 bits per heavy atom. The second kappa shape index (κ2) is 13.5. The van der Waals surface area contributed by atoms with E-state index in [-0.39, 0.29) is 35.6 Å². The topological polar surface area (TPSA) is 105 Å². The second-order valence-corrected chi connectivity index (χ2v) is 20.6. The highest BCUT2D eigenvalue weighted by Crippen LogP contribution is 2.85. The quantitative estimate of drug-likeness (QED) is 0.209. The van der Waals surface area contributed by atoms with Crippen molar-refractivity contribution in [1.29, 1.82) is 0 Å². The van der Waals surface area contributed by atoms with Gasteiger partial charge in [-0.05, 0) is 106 Å². The number of carbonyl (C=O) groups excluding carboxylic acids is 2. The Labute approximate surface area is 339 Å². The molecule has 13 aliphatic rings. The van der Waals surface area contributed by atoms with Crippen LogP contribution in [-0.4, -0.2) is 65.1 Å². The number of esters is 2. The number of aliphatic hydroxyl groups excluding tert-OH is 1. The Bertz CT molecular complexity index is 1960. The lowest BCUT2D eigenvalue weighted by Gasteiger charge is -2.69. The van der Waals surface area contributed by atoms with Crippen molar-refractivity contribution in [1.82, 2.24) is 9.80 Å². The predicted molar refractivity (Wildman–Crippen MR) is 219 cm³/mol. The lowest BCUT2D eigenvalue weighted by Crippen LogP contribution is -2.75. The van der Waals surface area contributed by atoms with Crippen molar-refractivity contribution in [2.45, 2.75) is 147 Å². The molecule has 57 heavy (non-hydrogen) atoms. The van der Waals surface area contributed by atoms with Gasteiger partial charge in [0.05, 0.1) is 11.0 Å². The summed E-state index contributed by atoms with van der Waals surface area (Å²) in [6.45, 7) is 8.45. The summed E-state index contributed by atoms with van der Waals surface area (Å²) in [7, 11) is 0. The number of piperidine rings is 2. The van der Waals surface area contributed by atoms with Gasteiger partial charge in [-0.25, -0.2) is 4.79 Å². The maximum Gasteiger partial charge on any atom is 0.339 e. The maximum absolute atomic E-state index is 15.3. The van der Waals surface area contributed by atoms with Crippen molar-refractivity contribution in [2.75, 3.05) is 26.2 Å². The molecule has 14 rings (SSSR count). The molecule has 0 radical (unpaired) electrons. The summed E-state index contributed by atoms with van der Waals surface area (Å²) >= 11 is 0. The third-order valence-electron chi connectivity index (χ3n) is 17.7. The first-order chi connectivity index (χ1) is 27.7. The first-order valence-corrected chi connectivity index (χ1v) is 23.4. The number of hydrogen-bond acceptors (Lipinski definition) is 8. The molecule has 306 valence electrons. The highest BCUT2D eigenvalue weighted by Gasteiger charge is 2.91. The Morgan fingerprint density at radius 3 is 2.70 bits per heavy atom. The molecule has 3 N–H and O–H groups in total. The van der Waals surface area contributed by atoms with Crippen LogP contribution < -0.4 is 5.73 Å². The molecule has 2 spiro atoms. The smallest absolute Gasteiger partial charge is 0.339 e. The molecule has 9 heterocycles. The van der Waals surface area contributed by atoms with Gasteiger partial charge in [-0.2, -0.15) is 0 Å².